The van der Waals surface area contributed by atoms with E-state index in [9.17, 15) is 9.59 Å². The lowest BCUT2D eigenvalue weighted by molar-refractivity contribution is 0.0464. The average molecular weight is 298 g/mol. The Morgan fingerprint density at radius 3 is 2.40 bits per heavy atom. The predicted molar refractivity (Wildman–Crippen MR) is 81.2 cm³/mol. The number of hydrogen-bond acceptors (Lipinski definition) is 5. The Bertz CT molecular complexity index is 507. The first kappa shape index (κ1) is 16.5. The first-order chi connectivity index (χ1) is 9.23. The molecular weight excluding hydrogens is 276 g/mol. The molecule has 3 N–H and O–H groups in total. The number of esters is 1. The topological polar surface area (TPSA) is 81.4 Å². The van der Waals surface area contributed by atoms with Gasteiger partial charge in [0, 0.05) is 6.04 Å². The maximum atomic E-state index is 12.1. The first-order valence-corrected chi connectivity index (χ1v) is 7.42. The van der Waals surface area contributed by atoms with Crippen molar-refractivity contribution in [1.82, 2.24) is 5.32 Å². The molecule has 0 unspecified atom stereocenters. The van der Waals surface area contributed by atoms with E-state index in [1.54, 1.807) is 6.92 Å². The molecule has 0 aliphatic heterocycles. The second kappa shape index (κ2) is 6.74. The van der Waals surface area contributed by atoms with Crippen molar-refractivity contribution in [3.8, 4) is 0 Å². The van der Waals surface area contributed by atoms with Crippen LogP contribution in [0.4, 0.5) is 5.00 Å². The molecule has 0 bridgehead atoms. The van der Waals surface area contributed by atoms with Crippen molar-refractivity contribution >= 4 is 28.2 Å². The van der Waals surface area contributed by atoms with Gasteiger partial charge in [0.25, 0.3) is 5.91 Å². The minimum atomic E-state index is -0.420. The molecule has 6 heteroatoms. The minimum Gasteiger partial charge on any atom is -0.461 e. The molecule has 0 saturated heterocycles. The number of hydrogen-bond donors (Lipinski definition) is 2. The van der Waals surface area contributed by atoms with E-state index in [1.807, 2.05) is 27.7 Å². The highest BCUT2D eigenvalue weighted by Gasteiger charge is 2.24. The van der Waals surface area contributed by atoms with E-state index in [0.29, 0.717) is 27.6 Å². The third-order valence-electron chi connectivity index (χ3n) is 2.55. The van der Waals surface area contributed by atoms with Gasteiger partial charge in [-0.05, 0) is 32.3 Å². The number of nitrogens with one attached hydrogen (secondary N) is 1. The second-order valence-corrected chi connectivity index (χ2v) is 6.47. The van der Waals surface area contributed by atoms with Crippen LogP contribution >= 0.6 is 11.3 Å². The summed E-state index contributed by atoms with van der Waals surface area (Å²) in [6.07, 6.45) is 0. The Morgan fingerprint density at radius 1 is 1.30 bits per heavy atom. The van der Waals surface area contributed by atoms with Crippen LogP contribution in [0, 0.1) is 12.8 Å². The molecule has 0 saturated carbocycles. The van der Waals surface area contributed by atoms with Crippen LogP contribution in [0.5, 0.6) is 0 Å². The van der Waals surface area contributed by atoms with Gasteiger partial charge in [-0.2, -0.15) is 0 Å². The standard InChI is InChI=1S/C14H22N2O3S/c1-7(2)6-19-14(18)11-9(5)10(12(15)20-11)13(17)16-8(3)4/h7-8H,6,15H2,1-5H3,(H,16,17). The van der Waals surface area contributed by atoms with E-state index in [1.165, 1.54) is 0 Å². The Kier molecular flexibility index (Phi) is 5.56. The summed E-state index contributed by atoms with van der Waals surface area (Å²) in [5.41, 5.74) is 6.82. The summed E-state index contributed by atoms with van der Waals surface area (Å²) in [4.78, 5) is 24.4. The van der Waals surface area contributed by atoms with Crippen LogP contribution in [0.25, 0.3) is 0 Å². The van der Waals surface area contributed by atoms with E-state index in [0.717, 1.165) is 11.3 Å². The number of rotatable bonds is 5. The number of anilines is 1. The summed E-state index contributed by atoms with van der Waals surface area (Å²) in [5, 5.41) is 3.12. The summed E-state index contributed by atoms with van der Waals surface area (Å²) in [7, 11) is 0. The fourth-order valence-electron chi connectivity index (χ4n) is 1.66. The van der Waals surface area contributed by atoms with Crippen molar-refractivity contribution in [1.29, 1.82) is 0 Å². The number of thiophene rings is 1. The first-order valence-electron chi connectivity index (χ1n) is 6.60. The molecule has 1 aromatic rings. The van der Waals surface area contributed by atoms with E-state index in [4.69, 9.17) is 10.5 Å². The summed E-state index contributed by atoms with van der Waals surface area (Å²) in [6, 6.07) is 0.0116. The Labute approximate surface area is 123 Å². The Morgan fingerprint density at radius 2 is 1.90 bits per heavy atom. The van der Waals surface area contributed by atoms with Crippen LogP contribution in [-0.2, 0) is 4.74 Å². The smallest absolute Gasteiger partial charge is 0.348 e. The van der Waals surface area contributed by atoms with Crippen LogP contribution < -0.4 is 11.1 Å². The van der Waals surface area contributed by atoms with Crippen molar-refractivity contribution in [3.63, 3.8) is 0 Å². The highest BCUT2D eigenvalue weighted by molar-refractivity contribution is 7.18. The second-order valence-electron chi connectivity index (χ2n) is 5.42. The predicted octanol–water partition coefficient (Wildman–Crippen LogP) is 2.59. The molecule has 20 heavy (non-hydrogen) atoms. The van der Waals surface area contributed by atoms with Gasteiger partial charge in [0.15, 0.2) is 0 Å². The number of carbonyl (C=O) groups excluding carboxylic acids is 2. The molecule has 0 spiro atoms. The zero-order valence-electron chi connectivity index (χ0n) is 12.6. The number of ether oxygens (including phenoxy) is 1. The fraction of sp³-hybridized carbons (Fsp3) is 0.571. The van der Waals surface area contributed by atoms with E-state index >= 15 is 0 Å². The molecular formula is C14H22N2O3S. The van der Waals surface area contributed by atoms with Crippen LogP contribution in [0.15, 0.2) is 0 Å². The summed E-state index contributed by atoms with van der Waals surface area (Å²) >= 11 is 1.10. The molecule has 0 aromatic carbocycles. The molecule has 0 aliphatic rings. The zero-order valence-corrected chi connectivity index (χ0v) is 13.4. The van der Waals surface area contributed by atoms with Crippen molar-refractivity contribution in [3.05, 3.63) is 16.0 Å². The minimum absolute atomic E-state index is 0.0116. The molecule has 0 atom stereocenters. The van der Waals surface area contributed by atoms with Crippen LogP contribution in [-0.4, -0.2) is 24.5 Å². The summed E-state index contributed by atoms with van der Waals surface area (Å²) in [5.74, 6) is -0.411. The molecule has 0 aliphatic carbocycles. The fourth-order valence-corrected chi connectivity index (χ4v) is 2.62. The highest BCUT2D eigenvalue weighted by atomic mass is 32.1. The van der Waals surface area contributed by atoms with Crippen molar-refractivity contribution in [2.75, 3.05) is 12.3 Å². The Balaban J connectivity index is 2.96. The maximum absolute atomic E-state index is 12.1. The number of nitrogen functional groups attached to an aromatic ring is 1. The summed E-state index contributed by atoms with van der Waals surface area (Å²) < 4.78 is 5.18. The number of nitrogens with two attached hydrogens (primary N) is 1. The van der Waals surface area contributed by atoms with Gasteiger partial charge >= 0.3 is 5.97 Å². The lowest BCUT2D eigenvalue weighted by atomic mass is 10.1. The van der Waals surface area contributed by atoms with Gasteiger partial charge in [-0.15, -0.1) is 11.3 Å². The van der Waals surface area contributed by atoms with Crippen molar-refractivity contribution in [2.45, 2.75) is 40.7 Å². The summed E-state index contributed by atoms with van der Waals surface area (Å²) in [6.45, 7) is 9.73. The molecule has 0 fully saturated rings. The highest BCUT2D eigenvalue weighted by Crippen LogP contribution is 2.31. The van der Waals surface area contributed by atoms with Gasteiger partial charge in [-0.25, -0.2) is 4.79 Å². The van der Waals surface area contributed by atoms with Gasteiger partial charge in [0.2, 0.25) is 0 Å². The van der Waals surface area contributed by atoms with Crippen LogP contribution in [0.3, 0.4) is 0 Å². The lowest BCUT2D eigenvalue weighted by Crippen LogP contribution is -2.30. The van der Waals surface area contributed by atoms with E-state index < -0.39 is 5.97 Å². The molecule has 1 aromatic heterocycles. The van der Waals surface area contributed by atoms with Crippen LogP contribution in [0.1, 0.15) is 53.3 Å². The number of amides is 1. The molecule has 1 amide bonds. The zero-order chi connectivity index (χ0) is 15.4. The molecule has 0 radical (unpaired) electrons. The molecule has 112 valence electrons. The Hall–Kier alpha value is -1.56. The van der Waals surface area contributed by atoms with E-state index in [-0.39, 0.29) is 17.9 Å². The van der Waals surface area contributed by atoms with E-state index in [2.05, 4.69) is 5.32 Å². The van der Waals surface area contributed by atoms with Crippen LogP contribution in [0.2, 0.25) is 0 Å². The van der Waals surface area contributed by atoms with Crippen molar-refractivity contribution < 1.29 is 14.3 Å². The van der Waals surface area contributed by atoms with Gasteiger partial charge in [-0.1, -0.05) is 13.8 Å². The number of carbonyl (C=O) groups is 2. The van der Waals surface area contributed by atoms with Gasteiger partial charge in [0.05, 0.1) is 17.2 Å². The quantitative estimate of drug-likeness (QED) is 0.819. The third-order valence-corrected chi connectivity index (χ3v) is 3.66. The van der Waals surface area contributed by atoms with Gasteiger partial charge < -0.3 is 15.8 Å². The monoisotopic (exact) mass is 298 g/mol. The van der Waals surface area contributed by atoms with Crippen molar-refractivity contribution in [2.24, 2.45) is 5.92 Å². The molecule has 1 rings (SSSR count). The normalized spacial score (nSPS) is 10.9. The SMILES string of the molecule is Cc1c(C(=O)OCC(C)C)sc(N)c1C(=O)NC(C)C. The average Bonchev–Trinajstić information content (AvgIpc) is 2.60. The maximum Gasteiger partial charge on any atom is 0.348 e. The lowest BCUT2D eigenvalue weighted by Gasteiger charge is -2.09. The largest absolute Gasteiger partial charge is 0.461 e. The van der Waals surface area contributed by atoms with Gasteiger partial charge in [-0.3, -0.25) is 4.79 Å². The van der Waals surface area contributed by atoms with Gasteiger partial charge in [0.1, 0.15) is 4.88 Å². The third kappa shape index (κ3) is 3.96. The molecule has 1 heterocycles. The molecule has 5 nitrogen and oxygen atoms in total.